The van der Waals surface area contributed by atoms with Crippen molar-refractivity contribution in [3.05, 3.63) is 70.4 Å². The Hall–Kier alpha value is -2.42. The van der Waals surface area contributed by atoms with E-state index in [2.05, 4.69) is 0 Å². The first-order valence-electron chi connectivity index (χ1n) is 5.73. The molecule has 88 valence electrons. The number of ketones is 1. The molecule has 0 atom stereocenters. The highest BCUT2D eigenvalue weighted by Crippen LogP contribution is 2.27. The van der Waals surface area contributed by atoms with Crippen molar-refractivity contribution in [2.75, 3.05) is 0 Å². The third-order valence-electron chi connectivity index (χ3n) is 3.11. The molecule has 0 N–H and O–H groups in total. The number of para-hydroxylation sites is 1. The Balaban J connectivity index is 2.18. The van der Waals surface area contributed by atoms with Gasteiger partial charge in [-0.25, -0.2) is 0 Å². The molecule has 0 unspecified atom stereocenters. The maximum Gasteiger partial charge on any atom is 0.272 e. The molecule has 3 rings (SSSR count). The van der Waals surface area contributed by atoms with Gasteiger partial charge in [-0.3, -0.25) is 4.79 Å². The molecule has 0 spiro atoms. The average molecular weight is 237 g/mol. The minimum Gasteiger partial charge on any atom is -0.618 e. The lowest BCUT2D eigenvalue weighted by Crippen LogP contribution is -2.16. The topological polar surface area (TPSA) is 43.1 Å². The summed E-state index contributed by atoms with van der Waals surface area (Å²) in [5, 5.41) is 12.2. The molecule has 2 aromatic carbocycles. The van der Waals surface area contributed by atoms with Gasteiger partial charge in [-0.05, 0) is 25.1 Å². The van der Waals surface area contributed by atoms with Crippen LogP contribution < -0.4 is 0 Å². The molecule has 0 aliphatic carbocycles. The number of benzene rings is 2. The van der Waals surface area contributed by atoms with Crippen LogP contribution in [0.2, 0.25) is 0 Å². The van der Waals surface area contributed by atoms with Crippen molar-refractivity contribution in [3.63, 3.8) is 0 Å². The van der Waals surface area contributed by atoms with Gasteiger partial charge >= 0.3 is 0 Å². The number of Topliss-reactive ketones (excluding diaryl/α,β-unsaturated/α-hetero) is 1. The van der Waals surface area contributed by atoms with Gasteiger partial charge in [0.15, 0.2) is 0 Å². The van der Waals surface area contributed by atoms with Gasteiger partial charge in [0.25, 0.3) is 11.5 Å². The van der Waals surface area contributed by atoms with E-state index in [1.54, 1.807) is 36.4 Å². The summed E-state index contributed by atoms with van der Waals surface area (Å²) >= 11 is 0. The molecule has 0 saturated carbocycles. The number of hydrogen-bond donors (Lipinski definition) is 0. The smallest absolute Gasteiger partial charge is 0.272 e. The van der Waals surface area contributed by atoms with Crippen molar-refractivity contribution in [1.82, 2.24) is 0 Å². The lowest BCUT2D eigenvalue weighted by molar-refractivity contribution is -0.355. The molecule has 2 aromatic rings. The predicted molar refractivity (Wildman–Crippen MR) is 69.3 cm³/mol. The first-order chi connectivity index (χ1) is 8.68. The molecule has 0 amide bonds. The Labute approximate surface area is 105 Å². The van der Waals surface area contributed by atoms with Crippen molar-refractivity contribution >= 4 is 17.2 Å². The molecule has 0 saturated heterocycles. The van der Waals surface area contributed by atoms with E-state index in [1.165, 1.54) is 0 Å². The Morgan fingerprint density at radius 1 is 1.00 bits per heavy atom. The molecule has 0 fully saturated rings. The van der Waals surface area contributed by atoms with Crippen LogP contribution in [-0.4, -0.2) is 16.2 Å². The van der Waals surface area contributed by atoms with E-state index in [-0.39, 0.29) is 11.5 Å². The van der Waals surface area contributed by atoms with E-state index in [4.69, 9.17) is 0 Å². The predicted octanol–water partition coefficient (Wildman–Crippen LogP) is 2.82. The second kappa shape index (κ2) is 3.81. The summed E-state index contributed by atoms with van der Waals surface area (Å²) in [6.07, 6.45) is 0. The minimum absolute atomic E-state index is 0.204. The van der Waals surface area contributed by atoms with E-state index in [0.29, 0.717) is 16.8 Å². The maximum atomic E-state index is 12.2. The number of hydrogen-bond acceptors (Lipinski definition) is 2. The van der Waals surface area contributed by atoms with E-state index < -0.39 is 0 Å². The molecule has 0 bridgehead atoms. The number of rotatable bonds is 1. The van der Waals surface area contributed by atoms with Crippen LogP contribution in [0.15, 0.2) is 48.5 Å². The quantitative estimate of drug-likeness (QED) is 0.565. The van der Waals surface area contributed by atoms with Crippen LogP contribution in [0, 0.1) is 12.1 Å². The summed E-state index contributed by atoms with van der Waals surface area (Å²) in [5.41, 5.74) is 2.87. The molecule has 0 radical (unpaired) electrons. The highest BCUT2D eigenvalue weighted by atomic mass is 16.5. The first-order valence-corrected chi connectivity index (χ1v) is 5.73. The summed E-state index contributed by atoms with van der Waals surface area (Å²) < 4.78 is 0.725. The van der Waals surface area contributed by atoms with Gasteiger partial charge in [0, 0.05) is 6.07 Å². The zero-order valence-electron chi connectivity index (χ0n) is 9.88. The number of carbonyl (C=O) groups is 1. The third kappa shape index (κ3) is 1.44. The molecular weight excluding hydrogens is 226 g/mol. The van der Waals surface area contributed by atoms with Crippen molar-refractivity contribution in [1.29, 1.82) is 0 Å². The normalized spacial score (nSPS) is 13.9. The lowest BCUT2D eigenvalue weighted by atomic mass is 10.0. The van der Waals surface area contributed by atoms with Gasteiger partial charge in [0.05, 0.1) is 5.56 Å². The Morgan fingerprint density at radius 2 is 1.67 bits per heavy atom. The largest absolute Gasteiger partial charge is 0.618 e. The van der Waals surface area contributed by atoms with Gasteiger partial charge in [0.2, 0.25) is 5.69 Å². The van der Waals surface area contributed by atoms with Crippen molar-refractivity contribution in [2.24, 2.45) is 0 Å². The molecule has 3 nitrogen and oxygen atoms in total. The summed E-state index contributed by atoms with van der Waals surface area (Å²) in [4.78, 5) is 12.2. The van der Waals surface area contributed by atoms with Crippen molar-refractivity contribution < 1.29 is 9.53 Å². The highest BCUT2D eigenvalue weighted by molar-refractivity contribution is 6.52. The second-order valence-electron chi connectivity index (χ2n) is 4.36. The highest BCUT2D eigenvalue weighted by Gasteiger charge is 2.35. The fourth-order valence-electron chi connectivity index (χ4n) is 2.14. The molecule has 1 heterocycles. The van der Waals surface area contributed by atoms with Crippen molar-refractivity contribution in [2.45, 2.75) is 6.92 Å². The molecule has 18 heavy (non-hydrogen) atoms. The van der Waals surface area contributed by atoms with E-state index in [0.717, 1.165) is 10.3 Å². The Morgan fingerprint density at radius 3 is 2.33 bits per heavy atom. The molecular formula is C15H11NO2. The van der Waals surface area contributed by atoms with Crippen LogP contribution in [0.4, 0.5) is 5.69 Å². The standard InChI is InChI=1S/C15H11NO2/c1-10-6-8-11(9-7-10)14-15(17)12-4-2-3-5-13(12)16(14)18/h2-9H,1H3. The van der Waals surface area contributed by atoms with Crippen LogP contribution in [0.3, 0.4) is 0 Å². The van der Waals surface area contributed by atoms with Crippen LogP contribution in [-0.2, 0) is 0 Å². The van der Waals surface area contributed by atoms with Crippen LogP contribution in [0.1, 0.15) is 21.5 Å². The lowest BCUT2D eigenvalue weighted by Gasteiger charge is -2.02. The fraction of sp³-hybridized carbons (Fsp3) is 0.0667. The molecule has 3 heteroatoms. The van der Waals surface area contributed by atoms with Crippen LogP contribution in [0.25, 0.3) is 0 Å². The first kappa shape index (κ1) is 10.7. The van der Waals surface area contributed by atoms with Crippen molar-refractivity contribution in [3.8, 4) is 0 Å². The van der Waals surface area contributed by atoms with Gasteiger partial charge in [-0.15, -0.1) is 0 Å². The monoisotopic (exact) mass is 237 g/mol. The van der Waals surface area contributed by atoms with Gasteiger partial charge in [-0.2, -0.15) is 4.74 Å². The number of carbonyl (C=O) groups excluding carboxylic acids is 1. The zero-order valence-corrected chi connectivity index (χ0v) is 9.88. The Bertz CT molecular complexity index is 669. The maximum absolute atomic E-state index is 12.2. The summed E-state index contributed by atoms with van der Waals surface area (Å²) in [6, 6.07) is 14.3. The molecule has 0 aromatic heterocycles. The van der Waals surface area contributed by atoms with Crippen LogP contribution >= 0.6 is 0 Å². The third-order valence-corrected chi connectivity index (χ3v) is 3.11. The van der Waals surface area contributed by atoms with Gasteiger partial charge in [-0.1, -0.05) is 29.8 Å². The minimum atomic E-state index is -0.204. The fourth-order valence-corrected chi connectivity index (χ4v) is 2.14. The summed E-state index contributed by atoms with van der Waals surface area (Å²) in [6.45, 7) is 1.97. The van der Waals surface area contributed by atoms with Gasteiger partial charge in [0.1, 0.15) is 5.56 Å². The molecule has 1 aliphatic heterocycles. The number of fused-ring (bicyclic) bond motifs is 1. The van der Waals surface area contributed by atoms with Crippen LogP contribution in [0.5, 0.6) is 0 Å². The summed E-state index contributed by atoms with van der Waals surface area (Å²) in [7, 11) is 0. The summed E-state index contributed by atoms with van der Waals surface area (Å²) in [5.74, 6) is -0.204. The zero-order chi connectivity index (χ0) is 12.7. The number of nitrogens with zero attached hydrogens (tertiary/aromatic N) is 1. The van der Waals surface area contributed by atoms with E-state index >= 15 is 0 Å². The van der Waals surface area contributed by atoms with Gasteiger partial charge < -0.3 is 5.21 Å². The van der Waals surface area contributed by atoms with E-state index in [9.17, 15) is 10.0 Å². The Kier molecular flexibility index (Phi) is 2.27. The SMILES string of the molecule is Cc1ccc(C2=[N+]([O-])c3ccccc3C2=O)cc1. The average Bonchev–Trinajstić information content (AvgIpc) is 2.64. The second-order valence-corrected chi connectivity index (χ2v) is 4.36. The number of aryl methyl sites for hydroxylation is 1. The van der Waals surface area contributed by atoms with E-state index in [1.807, 2.05) is 19.1 Å². The molecule has 1 aliphatic rings.